The first-order chi connectivity index (χ1) is 10.4. The van der Waals surface area contributed by atoms with E-state index in [1.165, 1.54) is 0 Å². The van der Waals surface area contributed by atoms with Gasteiger partial charge in [-0.3, -0.25) is 9.59 Å². The van der Waals surface area contributed by atoms with E-state index < -0.39 is 0 Å². The highest BCUT2D eigenvalue weighted by Gasteiger charge is 2.28. The molecule has 2 amide bonds. The highest BCUT2D eigenvalue weighted by molar-refractivity contribution is 5.93. The Balaban J connectivity index is 1.93. The summed E-state index contributed by atoms with van der Waals surface area (Å²) in [5, 5.41) is 3.05. The molecule has 4 heteroatoms. The lowest BCUT2D eigenvalue weighted by molar-refractivity contribution is -0.137. The number of hydrogen-bond acceptors (Lipinski definition) is 2. The van der Waals surface area contributed by atoms with E-state index in [1.807, 2.05) is 50.8 Å². The third-order valence-electron chi connectivity index (χ3n) is 4.32. The molecule has 0 aromatic heterocycles. The van der Waals surface area contributed by atoms with Crippen LogP contribution in [0.4, 0.5) is 5.69 Å². The number of aryl methyl sites for hydroxylation is 2. The number of nitrogens with zero attached hydrogens (tertiary/aromatic N) is 1. The van der Waals surface area contributed by atoms with Crippen molar-refractivity contribution < 1.29 is 9.59 Å². The second kappa shape index (κ2) is 6.95. The molecule has 22 heavy (non-hydrogen) atoms. The molecule has 1 N–H and O–H groups in total. The van der Waals surface area contributed by atoms with Gasteiger partial charge in [0, 0.05) is 30.6 Å². The van der Waals surface area contributed by atoms with Gasteiger partial charge in [0.1, 0.15) is 0 Å². The summed E-state index contributed by atoms with van der Waals surface area (Å²) < 4.78 is 0. The minimum absolute atomic E-state index is 0.00359. The Bertz CT molecular complexity index is 558. The van der Waals surface area contributed by atoms with Gasteiger partial charge < -0.3 is 10.2 Å². The van der Waals surface area contributed by atoms with Gasteiger partial charge in [-0.25, -0.2) is 0 Å². The summed E-state index contributed by atoms with van der Waals surface area (Å²) >= 11 is 0. The molecule has 1 fully saturated rings. The second-order valence-electron chi connectivity index (χ2n) is 6.56. The predicted octanol–water partition coefficient (Wildman–Crippen LogP) is 3.14. The molecule has 0 unspecified atom stereocenters. The summed E-state index contributed by atoms with van der Waals surface area (Å²) in [6.45, 7) is 9.22. The van der Waals surface area contributed by atoms with Crippen molar-refractivity contribution in [1.82, 2.24) is 4.90 Å². The third-order valence-corrected chi connectivity index (χ3v) is 4.32. The smallest absolute Gasteiger partial charge is 0.227 e. The fourth-order valence-corrected chi connectivity index (χ4v) is 2.83. The van der Waals surface area contributed by atoms with Gasteiger partial charge in [0.2, 0.25) is 11.8 Å². The Labute approximate surface area is 132 Å². The molecular weight excluding hydrogens is 276 g/mol. The molecule has 0 spiro atoms. The largest absolute Gasteiger partial charge is 0.342 e. The maximum atomic E-state index is 12.4. The molecule has 2 rings (SSSR count). The van der Waals surface area contributed by atoms with Crippen molar-refractivity contribution in [2.75, 3.05) is 18.4 Å². The molecule has 1 aromatic carbocycles. The van der Waals surface area contributed by atoms with Crippen LogP contribution in [0.2, 0.25) is 0 Å². The number of hydrogen-bond donors (Lipinski definition) is 1. The summed E-state index contributed by atoms with van der Waals surface area (Å²) in [5.74, 6) is 0.287. The summed E-state index contributed by atoms with van der Waals surface area (Å²) in [7, 11) is 0. The van der Waals surface area contributed by atoms with Crippen molar-refractivity contribution in [3.8, 4) is 0 Å². The van der Waals surface area contributed by atoms with Gasteiger partial charge in [-0.1, -0.05) is 26.0 Å². The van der Waals surface area contributed by atoms with E-state index in [0.29, 0.717) is 13.1 Å². The molecule has 0 radical (unpaired) electrons. The minimum atomic E-state index is -0.00359. The SMILES string of the molecule is Cc1ccc(C)c(NC(=O)C2CCN(C(=O)C(C)C)CC2)c1. The van der Waals surface area contributed by atoms with E-state index in [4.69, 9.17) is 0 Å². The molecule has 0 saturated carbocycles. The molecule has 4 nitrogen and oxygen atoms in total. The molecule has 1 aliphatic heterocycles. The van der Waals surface area contributed by atoms with Crippen LogP contribution in [0, 0.1) is 25.7 Å². The highest BCUT2D eigenvalue weighted by Crippen LogP contribution is 2.22. The average molecular weight is 302 g/mol. The van der Waals surface area contributed by atoms with Crippen LogP contribution >= 0.6 is 0 Å². The van der Waals surface area contributed by atoms with Crippen molar-refractivity contribution >= 4 is 17.5 Å². The van der Waals surface area contributed by atoms with Gasteiger partial charge in [0.15, 0.2) is 0 Å². The predicted molar refractivity (Wildman–Crippen MR) is 88.7 cm³/mol. The average Bonchev–Trinajstić information content (AvgIpc) is 2.50. The quantitative estimate of drug-likeness (QED) is 0.932. The number of carbonyl (C=O) groups is 2. The molecule has 0 aliphatic carbocycles. The summed E-state index contributed by atoms with van der Waals surface area (Å²) in [6, 6.07) is 6.07. The molecule has 1 heterocycles. The maximum absolute atomic E-state index is 12.4. The third kappa shape index (κ3) is 3.87. The number of anilines is 1. The van der Waals surface area contributed by atoms with Gasteiger partial charge in [-0.05, 0) is 43.9 Å². The molecule has 1 saturated heterocycles. The molecule has 120 valence electrons. The van der Waals surface area contributed by atoms with Crippen molar-refractivity contribution in [3.05, 3.63) is 29.3 Å². The van der Waals surface area contributed by atoms with Crippen LogP contribution in [0.15, 0.2) is 18.2 Å². The number of rotatable bonds is 3. The fraction of sp³-hybridized carbons (Fsp3) is 0.556. The van der Waals surface area contributed by atoms with Crippen LogP contribution in [0.5, 0.6) is 0 Å². The van der Waals surface area contributed by atoms with Crippen LogP contribution in [0.25, 0.3) is 0 Å². The fourth-order valence-electron chi connectivity index (χ4n) is 2.83. The standard InChI is InChI=1S/C18H26N2O2/c1-12(2)18(22)20-9-7-15(8-10-20)17(21)19-16-11-13(3)5-6-14(16)4/h5-6,11-12,15H,7-10H2,1-4H3,(H,19,21). The molecular formula is C18H26N2O2. The zero-order chi connectivity index (χ0) is 16.3. The first-order valence-corrected chi connectivity index (χ1v) is 8.05. The first kappa shape index (κ1) is 16.5. The first-order valence-electron chi connectivity index (χ1n) is 8.05. The monoisotopic (exact) mass is 302 g/mol. The van der Waals surface area contributed by atoms with Crippen molar-refractivity contribution in [3.63, 3.8) is 0 Å². The van der Waals surface area contributed by atoms with Crippen LogP contribution in [-0.4, -0.2) is 29.8 Å². The summed E-state index contributed by atoms with van der Waals surface area (Å²) in [6.07, 6.45) is 1.49. The van der Waals surface area contributed by atoms with Crippen LogP contribution in [0.3, 0.4) is 0 Å². The van der Waals surface area contributed by atoms with E-state index in [1.54, 1.807) is 0 Å². The number of nitrogens with one attached hydrogen (secondary N) is 1. The van der Waals surface area contributed by atoms with E-state index in [2.05, 4.69) is 5.32 Å². The Hall–Kier alpha value is -1.84. The Morgan fingerprint density at radius 1 is 1.18 bits per heavy atom. The van der Waals surface area contributed by atoms with E-state index in [9.17, 15) is 9.59 Å². The van der Waals surface area contributed by atoms with Gasteiger partial charge in [-0.15, -0.1) is 0 Å². The Kier molecular flexibility index (Phi) is 5.22. The Morgan fingerprint density at radius 3 is 2.41 bits per heavy atom. The lowest BCUT2D eigenvalue weighted by Gasteiger charge is -2.32. The lowest BCUT2D eigenvalue weighted by atomic mass is 9.95. The Morgan fingerprint density at radius 2 is 1.82 bits per heavy atom. The lowest BCUT2D eigenvalue weighted by Crippen LogP contribution is -2.43. The molecule has 0 atom stereocenters. The van der Waals surface area contributed by atoms with Crippen molar-refractivity contribution in [2.45, 2.75) is 40.5 Å². The van der Waals surface area contributed by atoms with E-state index in [-0.39, 0.29) is 23.7 Å². The highest BCUT2D eigenvalue weighted by atomic mass is 16.2. The van der Waals surface area contributed by atoms with Gasteiger partial charge in [0.05, 0.1) is 0 Å². The number of benzene rings is 1. The van der Waals surface area contributed by atoms with E-state index in [0.717, 1.165) is 29.7 Å². The van der Waals surface area contributed by atoms with Crippen molar-refractivity contribution in [2.24, 2.45) is 11.8 Å². The molecule has 0 bridgehead atoms. The van der Waals surface area contributed by atoms with Crippen LogP contribution in [0.1, 0.15) is 37.8 Å². The van der Waals surface area contributed by atoms with E-state index >= 15 is 0 Å². The second-order valence-corrected chi connectivity index (χ2v) is 6.56. The number of piperidine rings is 1. The number of carbonyl (C=O) groups excluding carboxylic acids is 2. The number of likely N-dealkylation sites (tertiary alicyclic amines) is 1. The molecule has 1 aliphatic rings. The zero-order valence-corrected chi connectivity index (χ0v) is 14.0. The summed E-state index contributed by atoms with van der Waals surface area (Å²) in [5.41, 5.74) is 3.11. The van der Waals surface area contributed by atoms with Gasteiger partial charge in [-0.2, -0.15) is 0 Å². The molecule has 1 aromatic rings. The van der Waals surface area contributed by atoms with Gasteiger partial charge in [0.25, 0.3) is 0 Å². The zero-order valence-electron chi connectivity index (χ0n) is 14.0. The normalized spacial score (nSPS) is 16.0. The minimum Gasteiger partial charge on any atom is -0.342 e. The van der Waals surface area contributed by atoms with Crippen molar-refractivity contribution in [1.29, 1.82) is 0 Å². The van der Waals surface area contributed by atoms with Crippen LogP contribution in [-0.2, 0) is 9.59 Å². The summed E-state index contributed by atoms with van der Waals surface area (Å²) in [4.78, 5) is 26.3. The van der Waals surface area contributed by atoms with Crippen LogP contribution < -0.4 is 5.32 Å². The van der Waals surface area contributed by atoms with Gasteiger partial charge >= 0.3 is 0 Å². The number of amides is 2. The topological polar surface area (TPSA) is 49.4 Å². The maximum Gasteiger partial charge on any atom is 0.227 e.